The smallest absolute Gasteiger partial charge is 0.386 e. The molecule has 0 saturated heterocycles. The number of carbonyl (C=O) groups is 4. The molecule has 0 fully saturated rings. The number of hydrogen-bond donors (Lipinski definition) is 4. The Kier molecular flexibility index (Phi) is 11.8. The molecule has 13 heteroatoms. The summed E-state index contributed by atoms with van der Waals surface area (Å²) in [4.78, 5) is 52.0. The number of anilines is 1. The zero-order valence-corrected chi connectivity index (χ0v) is 22.4. The molecular weight excluding hydrogens is 555 g/mol. The summed E-state index contributed by atoms with van der Waals surface area (Å²) in [5.74, 6) is -4.09. The summed E-state index contributed by atoms with van der Waals surface area (Å²) in [6, 6.07) is 19.7. The Morgan fingerprint density at radius 3 is 2.14 bits per heavy atom. The van der Waals surface area contributed by atoms with Gasteiger partial charge in [0.25, 0.3) is 0 Å². The molecule has 1 atom stereocenters. The van der Waals surface area contributed by atoms with Gasteiger partial charge in [-0.25, -0.2) is 14.6 Å². The van der Waals surface area contributed by atoms with E-state index in [1.54, 1.807) is 30.5 Å². The van der Waals surface area contributed by atoms with Crippen molar-refractivity contribution in [3.8, 4) is 11.1 Å². The average molecular weight is 586 g/mol. The maximum atomic E-state index is 12.6. The standard InChI is InChI=1S/C29H30F3N5O5/c30-29(31,32)27(40)42-26(39)18-23(22-13-11-21(12-14-22)20-8-2-1-3-9-20)37-25(38)19-36-28(41)35-17-7-6-16-34-24-10-4-5-15-33-24/h1-5,8-15,23H,6-7,16-19H2,(H,33,34)(H,37,38)(H2,35,36,41). The number of urea groups is 1. The first-order valence-electron chi connectivity index (χ1n) is 13.0. The van der Waals surface area contributed by atoms with E-state index in [0.717, 1.165) is 23.4 Å². The Hall–Kier alpha value is -4.94. The first-order valence-corrected chi connectivity index (χ1v) is 13.0. The van der Waals surface area contributed by atoms with Gasteiger partial charge in [-0.05, 0) is 41.7 Å². The second kappa shape index (κ2) is 15.7. The van der Waals surface area contributed by atoms with Crippen LogP contribution in [0.4, 0.5) is 23.8 Å². The topological polar surface area (TPSA) is 139 Å². The molecule has 1 heterocycles. The van der Waals surface area contributed by atoms with Crippen LogP contribution in [-0.2, 0) is 19.1 Å². The van der Waals surface area contributed by atoms with Gasteiger partial charge < -0.3 is 26.0 Å². The Labute approximate surface area is 240 Å². The lowest BCUT2D eigenvalue weighted by atomic mass is 9.99. The number of aromatic nitrogens is 1. The van der Waals surface area contributed by atoms with Gasteiger partial charge in [0.05, 0.1) is 19.0 Å². The molecule has 1 unspecified atom stereocenters. The van der Waals surface area contributed by atoms with E-state index in [4.69, 9.17) is 0 Å². The molecule has 4 N–H and O–H groups in total. The van der Waals surface area contributed by atoms with Crippen LogP contribution in [0.2, 0.25) is 0 Å². The molecule has 0 spiro atoms. The summed E-state index contributed by atoms with van der Waals surface area (Å²) in [6.07, 6.45) is -3.00. The number of pyridine rings is 1. The quantitative estimate of drug-likeness (QED) is 0.135. The minimum absolute atomic E-state index is 0.354. The van der Waals surface area contributed by atoms with Crippen molar-refractivity contribution in [1.82, 2.24) is 20.9 Å². The van der Waals surface area contributed by atoms with Gasteiger partial charge in [-0.2, -0.15) is 13.2 Å². The fraction of sp³-hybridized carbons (Fsp3) is 0.276. The maximum Gasteiger partial charge on any atom is 0.491 e. The lowest BCUT2D eigenvalue weighted by Gasteiger charge is -2.19. The molecule has 0 bridgehead atoms. The Bertz CT molecular complexity index is 1320. The maximum absolute atomic E-state index is 12.6. The van der Waals surface area contributed by atoms with Crippen LogP contribution in [0, 0.1) is 0 Å². The minimum Gasteiger partial charge on any atom is -0.386 e. The zero-order chi connectivity index (χ0) is 30.4. The second-order valence-electron chi connectivity index (χ2n) is 9.03. The van der Waals surface area contributed by atoms with Gasteiger partial charge in [-0.1, -0.05) is 60.7 Å². The molecule has 0 radical (unpaired) electrons. The van der Waals surface area contributed by atoms with Crippen molar-refractivity contribution in [3.63, 3.8) is 0 Å². The third-order valence-corrected chi connectivity index (χ3v) is 5.83. The molecule has 3 amide bonds. The number of halogens is 3. The first-order chi connectivity index (χ1) is 20.1. The van der Waals surface area contributed by atoms with Crippen molar-refractivity contribution in [2.24, 2.45) is 0 Å². The van der Waals surface area contributed by atoms with Gasteiger partial charge in [-0.15, -0.1) is 0 Å². The molecule has 3 aromatic rings. The highest BCUT2D eigenvalue weighted by molar-refractivity contribution is 5.89. The first kappa shape index (κ1) is 31.6. The van der Waals surface area contributed by atoms with Crippen LogP contribution in [0.1, 0.15) is 30.9 Å². The van der Waals surface area contributed by atoms with Crippen molar-refractivity contribution in [3.05, 3.63) is 84.6 Å². The van der Waals surface area contributed by atoms with Gasteiger partial charge in [0.2, 0.25) is 5.91 Å². The predicted molar refractivity (Wildman–Crippen MR) is 148 cm³/mol. The van der Waals surface area contributed by atoms with E-state index in [9.17, 15) is 32.3 Å². The SMILES string of the molecule is O=C(CNC(=O)NCCCCNc1ccccn1)NC(CC(=O)OC(=O)C(F)(F)F)c1ccc(-c2ccccc2)cc1. The van der Waals surface area contributed by atoms with Crippen LogP contribution < -0.4 is 21.3 Å². The second-order valence-corrected chi connectivity index (χ2v) is 9.03. The summed E-state index contributed by atoms with van der Waals surface area (Å²) < 4.78 is 41.5. The van der Waals surface area contributed by atoms with Crippen molar-refractivity contribution in [2.45, 2.75) is 31.5 Å². The van der Waals surface area contributed by atoms with Crippen LogP contribution in [0.3, 0.4) is 0 Å². The molecule has 0 saturated carbocycles. The number of rotatable bonds is 13. The van der Waals surface area contributed by atoms with Gasteiger partial charge in [-0.3, -0.25) is 9.59 Å². The van der Waals surface area contributed by atoms with Crippen LogP contribution in [-0.4, -0.2) is 54.7 Å². The number of unbranched alkanes of at least 4 members (excludes halogenated alkanes) is 1. The molecule has 0 aliphatic carbocycles. The summed E-state index contributed by atoms with van der Waals surface area (Å²) in [6.45, 7) is 0.544. The summed E-state index contributed by atoms with van der Waals surface area (Å²) in [5.41, 5.74) is 2.10. The number of esters is 2. The van der Waals surface area contributed by atoms with Gasteiger partial charge in [0.15, 0.2) is 0 Å². The largest absolute Gasteiger partial charge is 0.491 e. The number of nitrogens with one attached hydrogen (secondary N) is 4. The summed E-state index contributed by atoms with van der Waals surface area (Å²) in [7, 11) is 0. The van der Waals surface area contributed by atoms with Gasteiger partial charge in [0, 0.05) is 19.3 Å². The highest BCUT2D eigenvalue weighted by Crippen LogP contribution is 2.24. The van der Waals surface area contributed by atoms with Crippen LogP contribution in [0.15, 0.2) is 79.0 Å². The number of alkyl halides is 3. The summed E-state index contributed by atoms with van der Waals surface area (Å²) >= 11 is 0. The molecule has 0 aliphatic rings. The molecule has 222 valence electrons. The van der Waals surface area contributed by atoms with Crippen molar-refractivity contribution >= 4 is 29.7 Å². The molecule has 42 heavy (non-hydrogen) atoms. The Morgan fingerprint density at radius 1 is 0.810 bits per heavy atom. The number of amides is 3. The number of ether oxygens (including phenoxy) is 1. The van der Waals surface area contributed by atoms with E-state index in [0.29, 0.717) is 25.1 Å². The normalized spacial score (nSPS) is 11.6. The third-order valence-electron chi connectivity index (χ3n) is 5.83. The number of hydrogen-bond acceptors (Lipinski definition) is 7. The van der Waals surface area contributed by atoms with Crippen LogP contribution >= 0.6 is 0 Å². The lowest BCUT2D eigenvalue weighted by molar-refractivity contribution is -0.202. The minimum atomic E-state index is -5.35. The number of carbonyl (C=O) groups excluding carboxylic acids is 4. The van der Waals surface area contributed by atoms with Crippen LogP contribution in [0.5, 0.6) is 0 Å². The van der Waals surface area contributed by atoms with Crippen molar-refractivity contribution < 1.29 is 37.1 Å². The van der Waals surface area contributed by atoms with Crippen molar-refractivity contribution in [2.75, 3.05) is 25.0 Å². The van der Waals surface area contributed by atoms with E-state index in [1.807, 2.05) is 48.5 Å². The lowest BCUT2D eigenvalue weighted by Crippen LogP contribution is -2.43. The number of nitrogens with zero attached hydrogens (tertiary/aromatic N) is 1. The highest BCUT2D eigenvalue weighted by atomic mass is 19.4. The van der Waals surface area contributed by atoms with E-state index >= 15 is 0 Å². The predicted octanol–water partition coefficient (Wildman–Crippen LogP) is 4.12. The summed E-state index contributed by atoms with van der Waals surface area (Å²) in [5, 5.41) is 10.7. The molecule has 1 aromatic heterocycles. The van der Waals surface area contributed by atoms with E-state index in [2.05, 4.69) is 31.0 Å². The molecule has 2 aromatic carbocycles. The average Bonchev–Trinajstić information content (AvgIpc) is 2.98. The molecule has 3 rings (SSSR count). The third kappa shape index (κ3) is 10.9. The molecule has 10 nitrogen and oxygen atoms in total. The van der Waals surface area contributed by atoms with E-state index in [-0.39, 0.29) is 0 Å². The molecule has 0 aliphatic heterocycles. The van der Waals surface area contributed by atoms with Crippen molar-refractivity contribution in [1.29, 1.82) is 0 Å². The fourth-order valence-corrected chi connectivity index (χ4v) is 3.76. The van der Waals surface area contributed by atoms with E-state index < -0.39 is 49.1 Å². The van der Waals surface area contributed by atoms with E-state index in [1.165, 1.54) is 0 Å². The number of benzene rings is 2. The fourth-order valence-electron chi connectivity index (χ4n) is 3.76. The zero-order valence-electron chi connectivity index (χ0n) is 22.4. The molecular formula is C29H30F3N5O5. The van der Waals surface area contributed by atoms with Gasteiger partial charge in [0.1, 0.15) is 5.82 Å². The Morgan fingerprint density at radius 2 is 1.48 bits per heavy atom. The monoisotopic (exact) mass is 585 g/mol. The van der Waals surface area contributed by atoms with Gasteiger partial charge >= 0.3 is 24.1 Å². The highest BCUT2D eigenvalue weighted by Gasteiger charge is 2.42. The van der Waals surface area contributed by atoms with Crippen LogP contribution in [0.25, 0.3) is 11.1 Å². The Balaban J connectivity index is 1.50.